The van der Waals surface area contributed by atoms with E-state index in [1.807, 2.05) is 14.1 Å². The maximum Gasteiger partial charge on any atom is 0.124 e. The van der Waals surface area contributed by atoms with Gasteiger partial charge in [-0.15, -0.1) is 0 Å². The quantitative estimate of drug-likeness (QED) is 0.516. The van der Waals surface area contributed by atoms with Crippen LogP contribution in [0.5, 0.6) is 0 Å². The van der Waals surface area contributed by atoms with Crippen LogP contribution >= 0.6 is 0 Å². The zero-order chi connectivity index (χ0) is 14.9. The van der Waals surface area contributed by atoms with Crippen molar-refractivity contribution in [3.63, 3.8) is 0 Å². The molecule has 0 bridgehead atoms. The van der Waals surface area contributed by atoms with Crippen LogP contribution < -0.4 is 0 Å². The molecule has 1 radical (unpaired) electrons. The largest absolute Gasteiger partial charge is 0.446 e. The molecule has 3 heteroatoms. The second-order valence-electron chi connectivity index (χ2n) is 3.61. The normalized spacial score (nSPS) is 5.12. The number of hydrogen-bond acceptors (Lipinski definition) is 2. The number of hydrogen-bond donors (Lipinski definition) is 0. The molecule has 0 saturated heterocycles. The van der Waals surface area contributed by atoms with Crippen molar-refractivity contribution in [3.05, 3.63) is 0 Å². The van der Waals surface area contributed by atoms with Crippen LogP contribution in [0.15, 0.2) is 0 Å². The Labute approximate surface area is 183 Å². The summed E-state index contributed by atoms with van der Waals surface area (Å²) in [6, 6.07) is 0. The summed E-state index contributed by atoms with van der Waals surface area (Å²) < 4.78 is 5.07. The van der Waals surface area contributed by atoms with Gasteiger partial charge in [-0.1, -0.05) is 35.6 Å². The monoisotopic (exact) mass is 414 g/mol. The maximum atomic E-state index is 5.07. The van der Waals surface area contributed by atoms with Gasteiger partial charge in [0.1, 0.15) is 12.7 Å². The Hall–Kier alpha value is -1.78. The molecule has 0 aromatic carbocycles. The molecule has 0 rings (SSSR count). The van der Waals surface area contributed by atoms with Crippen molar-refractivity contribution >= 4 is 0 Å². The van der Waals surface area contributed by atoms with E-state index in [9.17, 15) is 0 Å². The predicted octanol–water partition coefficient (Wildman–Crippen LogP) is 3.49. The van der Waals surface area contributed by atoms with Crippen LogP contribution in [-0.4, -0.2) is 32.1 Å². The van der Waals surface area contributed by atoms with E-state index in [0.717, 1.165) is 13.0 Å². The topological polar surface area (TPSA) is 12.5 Å². The number of nitrogens with zero attached hydrogens (tertiary/aromatic N) is 1. The van der Waals surface area contributed by atoms with Crippen molar-refractivity contribution in [1.82, 2.24) is 4.90 Å². The second-order valence-corrected chi connectivity index (χ2v) is 3.61. The third-order valence-corrected chi connectivity index (χ3v) is 1.66. The molecule has 0 heterocycles. The minimum Gasteiger partial charge on any atom is -0.446 e. The first-order valence-corrected chi connectivity index (χ1v) is 5.95. The van der Waals surface area contributed by atoms with E-state index in [4.69, 9.17) is 4.74 Å². The van der Waals surface area contributed by atoms with Crippen LogP contribution in [-0.2, 0) is 37.4 Å². The Bertz CT molecular complexity index is 654. The summed E-state index contributed by atoms with van der Waals surface area (Å²) in [7, 11) is 4.03. The van der Waals surface area contributed by atoms with Gasteiger partial charge in [0.2, 0.25) is 0 Å². The molecule has 0 spiro atoms. The van der Waals surface area contributed by atoms with Gasteiger partial charge in [-0.05, 0) is 57.0 Å². The Kier molecular flexibility index (Phi) is 52.2. The fraction of sp³-hybridized carbons (Fsp3) is 0.455. The smallest absolute Gasteiger partial charge is 0.124 e. The van der Waals surface area contributed by atoms with Gasteiger partial charge in [-0.2, -0.15) is 0 Å². The molecular weight excluding hydrogens is 383 g/mol. The van der Waals surface area contributed by atoms with Crippen LogP contribution in [0.1, 0.15) is 43.1 Å². The first kappa shape index (κ1) is 38.7. The van der Waals surface area contributed by atoms with Crippen molar-refractivity contribution in [2.24, 2.45) is 0 Å². The SMILES string of the molecule is C.C.C.C.CC#CC#CC#CC#CC#CC#COCCCN(C)C.[Y]. The van der Waals surface area contributed by atoms with Crippen LogP contribution in [0.25, 0.3) is 0 Å². The Morgan fingerprint density at radius 3 is 1.48 bits per heavy atom. The standard InChI is InChI=1S/C18H15NO.4CH4.Y/c1-4-5-6-7-8-9-10-11-12-13-14-17-20-18-15-16-19(2)3;;;;;/h15-16,18H2,1-3H3;4*1H4;. The molecule has 0 aliphatic heterocycles. The third-order valence-electron chi connectivity index (χ3n) is 1.66. The Balaban J connectivity index is -0.000000180. The van der Waals surface area contributed by atoms with E-state index in [1.54, 1.807) is 6.92 Å². The van der Waals surface area contributed by atoms with E-state index >= 15 is 0 Å². The maximum absolute atomic E-state index is 5.07. The van der Waals surface area contributed by atoms with Crippen LogP contribution in [0.4, 0.5) is 0 Å². The van der Waals surface area contributed by atoms with E-state index in [-0.39, 0.29) is 62.4 Å². The average Bonchev–Trinajstić information content (AvgIpc) is 2.43. The van der Waals surface area contributed by atoms with Gasteiger partial charge >= 0.3 is 0 Å². The first-order valence-electron chi connectivity index (χ1n) is 5.95. The fourth-order valence-corrected chi connectivity index (χ4v) is 0.878. The van der Waals surface area contributed by atoms with Gasteiger partial charge in [0, 0.05) is 68.9 Å². The summed E-state index contributed by atoms with van der Waals surface area (Å²) in [5.74, 6) is 28.1. The molecule has 0 aliphatic rings. The second kappa shape index (κ2) is 33.7. The summed E-state index contributed by atoms with van der Waals surface area (Å²) in [6.45, 7) is 3.29. The third kappa shape index (κ3) is 39.2. The number of rotatable bonds is 4. The predicted molar refractivity (Wildman–Crippen MR) is 108 cm³/mol. The summed E-state index contributed by atoms with van der Waals surface area (Å²) in [4.78, 5) is 2.09. The molecule has 2 nitrogen and oxygen atoms in total. The molecule has 0 aromatic heterocycles. The van der Waals surface area contributed by atoms with Gasteiger partial charge in [-0.3, -0.25) is 0 Å². The van der Waals surface area contributed by atoms with Crippen molar-refractivity contribution < 1.29 is 37.4 Å². The Morgan fingerprint density at radius 2 is 1.08 bits per heavy atom. The Morgan fingerprint density at radius 1 is 0.680 bits per heavy atom. The summed E-state index contributed by atoms with van der Waals surface area (Å²) >= 11 is 0. The fourth-order valence-electron chi connectivity index (χ4n) is 0.878. The zero-order valence-electron chi connectivity index (χ0n) is 12.6. The molecule has 0 fully saturated rings. The van der Waals surface area contributed by atoms with Gasteiger partial charge in [0.05, 0.1) is 0 Å². The van der Waals surface area contributed by atoms with Crippen LogP contribution in [0.3, 0.4) is 0 Å². The van der Waals surface area contributed by atoms with E-state index in [1.165, 1.54) is 0 Å². The minimum absolute atomic E-state index is 0. The number of ether oxygens (including phenoxy) is 1. The van der Waals surface area contributed by atoms with Crippen LogP contribution in [0.2, 0.25) is 0 Å². The van der Waals surface area contributed by atoms with Gasteiger partial charge < -0.3 is 9.64 Å². The molecule has 0 unspecified atom stereocenters. The molecule has 25 heavy (non-hydrogen) atoms. The van der Waals surface area contributed by atoms with Crippen LogP contribution in [0, 0.1) is 71.2 Å². The van der Waals surface area contributed by atoms with E-state index in [0.29, 0.717) is 6.61 Å². The average molecular weight is 414 g/mol. The van der Waals surface area contributed by atoms with Gasteiger partial charge in [-0.25, -0.2) is 0 Å². The van der Waals surface area contributed by atoms with Crippen molar-refractivity contribution in [2.45, 2.75) is 43.1 Å². The molecular formula is C22H31NOY. The molecule has 133 valence electrons. The molecule has 0 N–H and O–H groups in total. The molecule has 0 aliphatic carbocycles. The zero-order valence-corrected chi connectivity index (χ0v) is 15.4. The summed E-state index contributed by atoms with van der Waals surface area (Å²) in [5.41, 5.74) is 0. The van der Waals surface area contributed by atoms with Gasteiger partial charge in [0.15, 0.2) is 0 Å². The summed E-state index contributed by atoms with van der Waals surface area (Å²) in [6.07, 6.45) is 3.44. The molecule has 0 atom stereocenters. The molecule has 0 aromatic rings. The molecule has 0 amide bonds. The first-order chi connectivity index (χ1) is 9.77. The van der Waals surface area contributed by atoms with Gasteiger partial charge in [0.25, 0.3) is 0 Å². The van der Waals surface area contributed by atoms with Crippen molar-refractivity contribution in [2.75, 3.05) is 27.2 Å². The van der Waals surface area contributed by atoms with E-state index < -0.39 is 0 Å². The van der Waals surface area contributed by atoms with Crippen molar-refractivity contribution in [1.29, 1.82) is 0 Å². The molecule has 0 saturated carbocycles. The minimum atomic E-state index is 0. The van der Waals surface area contributed by atoms with E-state index in [2.05, 4.69) is 76.1 Å². The van der Waals surface area contributed by atoms with Crippen molar-refractivity contribution in [3.8, 4) is 71.2 Å². The summed E-state index contributed by atoms with van der Waals surface area (Å²) in [5, 5.41) is 0.